The van der Waals surface area contributed by atoms with Gasteiger partial charge in [-0.3, -0.25) is 4.90 Å². The molecule has 0 radical (unpaired) electrons. The van der Waals surface area contributed by atoms with Crippen LogP contribution in [0, 0.1) is 0 Å². The van der Waals surface area contributed by atoms with Crippen molar-refractivity contribution in [3.05, 3.63) is 34.9 Å². The Hall–Kier alpha value is -0.580. The van der Waals surface area contributed by atoms with Gasteiger partial charge in [-0.25, -0.2) is 8.42 Å². The monoisotopic (exact) mass is 273 g/mol. The molecule has 3 nitrogen and oxygen atoms in total. The maximum atomic E-state index is 11.4. The lowest BCUT2D eigenvalue weighted by atomic mass is 10.1. The van der Waals surface area contributed by atoms with Crippen LogP contribution in [-0.4, -0.2) is 37.9 Å². The van der Waals surface area contributed by atoms with Crippen molar-refractivity contribution in [2.45, 2.75) is 19.0 Å². The third-order valence-electron chi connectivity index (χ3n) is 3.18. The van der Waals surface area contributed by atoms with Crippen molar-refractivity contribution in [1.29, 1.82) is 0 Å². The number of sulfone groups is 1. The normalized spacial score (nSPS) is 23.1. The second-order valence-electron chi connectivity index (χ2n) is 4.60. The lowest BCUT2D eigenvalue weighted by Gasteiger charge is -2.23. The van der Waals surface area contributed by atoms with Gasteiger partial charge in [-0.15, -0.1) is 0 Å². The van der Waals surface area contributed by atoms with Crippen LogP contribution in [0.2, 0.25) is 5.02 Å². The first-order valence-corrected chi connectivity index (χ1v) is 7.81. The summed E-state index contributed by atoms with van der Waals surface area (Å²) in [4.78, 5) is 2.10. The minimum Gasteiger partial charge on any atom is -0.298 e. The number of halogens is 1. The molecule has 1 saturated heterocycles. The number of nitrogens with zero attached hydrogens (tertiary/aromatic N) is 1. The van der Waals surface area contributed by atoms with Crippen molar-refractivity contribution in [2.75, 3.05) is 18.6 Å². The first-order valence-electron chi connectivity index (χ1n) is 5.61. The molecule has 17 heavy (non-hydrogen) atoms. The van der Waals surface area contributed by atoms with E-state index in [2.05, 4.69) is 4.90 Å². The van der Waals surface area contributed by atoms with Gasteiger partial charge in [-0.05, 0) is 31.2 Å². The van der Waals surface area contributed by atoms with Crippen LogP contribution in [0.15, 0.2) is 24.3 Å². The molecule has 5 heteroatoms. The molecule has 1 aromatic carbocycles. The third-order valence-corrected chi connectivity index (χ3v) is 5.18. The van der Waals surface area contributed by atoms with Crippen molar-refractivity contribution in [3.63, 3.8) is 0 Å². The minimum absolute atomic E-state index is 0.149. The highest BCUT2D eigenvalue weighted by atomic mass is 35.5. The smallest absolute Gasteiger partial charge is 0.151 e. The number of hydrogen-bond acceptors (Lipinski definition) is 3. The molecule has 1 heterocycles. The first-order chi connectivity index (χ1) is 7.96. The van der Waals surface area contributed by atoms with E-state index in [1.165, 1.54) is 0 Å². The van der Waals surface area contributed by atoms with E-state index in [-0.39, 0.29) is 11.8 Å². The lowest BCUT2D eigenvalue weighted by Crippen LogP contribution is -2.32. The Labute approximate surface area is 107 Å². The summed E-state index contributed by atoms with van der Waals surface area (Å²) >= 11 is 5.82. The molecule has 0 bridgehead atoms. The predicted octanol–water partition coefficient (Wildman–Crippen LogP) is 1.96. The van der Waals surface area contributed by atoms with Crippen molar-refractivity contribution in [3.8, 4) is 0 Å². The fraction of sp³-hybridized carbons (Fsp3) is 0.500. The summed E-state index contributed by atoms with van der Waals surface area (Å²) in [6.07, 6.45) is 0.742. The quantitative estimate of drug-likeness (QED) is 0.845. The van der Waals surface area contributed by atoms with Gasteiger partial charge >= 0.3 is 0 Å². The van der Waals surface area contributed by atoms with Crippen molar-refractivity contribution in [1.82, 2.24) is 4.90 Å². The van der Waals surface area contributed by atoms with Crippen molar-refractivity contribution < 1.29 is 8.42 Å². The second-order valence-corrected chi connectivity index (χ2v) is 7.26. The molecule has 1 aliphatic heterocycles. The Morgan fingerprint density at radius 1 is 1.35 bits per heavy atom. The van der Waals surface area contributed by atoms with Crippen LogP contribution in [0.25, 0.3) is 0 Å². The highest BCUT2D eigenvalue weighted by Gasteiger charge is 2.30. The molecule has 1 fully saturated rings. The summed E-state index contributed by atoms with van der Waals surface area (Å²) in [7, 11) is -0.830. The number of benzene rings is 1. The van der Waals surface area contributed by atoms with Crippen LogP contribution < -0.4 is 0 Å². The molecule has 0 amide bonds. The molecule has 2 rings (SSSR count). The SMILES string of the molecule is CN(Cc1ccc(Cl)cc1)C1CCS(=O)(=O)C1. The molecule has 1 aromatic rings. The van der Waals surface area contributed by atoms with Gasteiger partial charge in [0.2, 0.25) is 0 Å². The molecule has 0 aromatic heterocycles. The van der Waals surface area contributed by atoms with Crippen LogP contribution in [0.3, 0.4) is 0 Å². The third kappa shape index (κ3) is 3.44. The molecule has 94 valence electrons. The average molecular weight is 274 g/mol. The molecule has 0 N–H and O–H groups in total. The van der Waals surface area contributed by atoms with E-state index in [9.17, 15) is 8.42 Å². The van der Waals surface area contributed by atoms with Crippen molar-refractivity contribution >= 4 is 21.4 Å². The van der Waals surface area contributed by atoms with Gasteiger partial charge in [-0.2, -0.15) is 0 Å². The summed E-state index contributed by atoms with van der Waals surface area (Å²) in [5, 5.41) is 0.722. The van der Waals surface area contributed by atoms with E-state index in [4.69, 9.17) is 11.6 Å². The standard InChI is InChI=1S/C12H16ClNO2S/c1-14(12-6-7-17(15,16)9-12)8-10-2-4-11(13)5-3-10/h2-5,12H,6-9H2,1H3. The van der Waals surface area contributed by atoms with E-state index in [0.717, 1.165) is 23.6 Å². The van der Waals surface area contributed by atoms with Crippen LogP contribution >= 0.6 is 11.6 Å². The summed E-state index contributed by atoms with van der Waals surface area (Å²) in [5.41, 5.74) is 1.15. The van der Waals surface area contributed by atoms with E-state index in [1.807, 2.05) is 31.3 Å². The molecule has 0 aliphatic carbocycles. The van der Waals surface area contributed by atoms with Crippen LogP contribution in [0.1, 0.15) is 12.0 Å². The topological polar surface area (TPSA) is 37.4 Å². The predicted molar refractivity (Wildman–Crippen MR) is 70.0 cm³/mol. The fourth-order valence-electron chi connectivity index (χ4n) is 2.13. The van der Waals surface area contributed by atoms with Gasteiger partial charge in [0.25, 0.3) is 0 Å². The highest BCUT2D eigenvalue weighted by molar-refractivity contribution is 7.91. The van der Waals surface area contributed by atoms with Gasteiger partial charge in [0.15, 0.2) is 9.84 Å². The van der Waals surface area contributed by atoms with Gasteiger partial charge in [0.05, 0.1) is 11.5 Å². The molecule has 0 saturated carbocycles. The van der Waals surface area contributed by atoms with E-state index in [1.54, 1.807) is 0 Å². The van der Waals surface area contributed by atoms with Crippen LogP contribution in [0.5, 0.6) is 0 Å². The van der Waals surface area contributed by atoms with Gasteiger partial charge in [-0.1, -0.05) is 23.7 Å². The fourth-order valence-corrected chi connectivity index (χ4v) is 4.06. The summed E-state index contributed by atoms with van der Waals surface area (Å²) in [6, 6.07) is 7.81. The van der Waals surface area contributed by atoms with Gasteiger partial charge in [0.1, 0.15) is 0 Å². The maximum Gasteiger partial charge on any atom is 0.151 e. The Bertz CT molecular complexity index is 484. The minimum atomic E-state index is -2.80. The van der Waals surface area contributed by atoms with E-state index < -0.39 is 9.84 Å². The Balaban J connectivity index is 1.98. The Kier molecular flexibility index (Phi) is 3.76. The van der Waals surface area contributed by atoms with Crippen LogP contribution in [-0.2, 0) is 16.4 Å². The highest BCUT2D eigenvalue weighted by Crippen LogP contribution is 2.19. The largest absolute Gasteiger partial charge is 0.298 e. The van der Waals surface area contributed by atoms with E-state index in [0.29, 0.717) is 5.75 Å². The van der Waals surface area contributed by atoms with Gasteiger partial charge in [0, 0.05) is 17.6 Å². The summed E-state index contributed by atoms with van der Waals surface area (Å²) in [6.45, 7) is 0.761. The van der Waals surface area contributed by atoms with E-state index >= 15 is 0 Å². The first kappa shape index (κ1) is 12.9. The molecular formula is C12H16ClNO2S. The molecular weight excluding hydrogens is 258 g/mol. The maximum absolute atomic E-state index is 11.4. The number of rotatable bonds is 3. The Morgan fingerprint density at radius 2 is 2.00 bits per heavy atom. The zero-order valence-electron chi connectivity index (χ0n) is 9.77. The molecule has 1 aliphatic rings. The molecule has 1 unspecified atom stereocenters. The Morgan fingerprint density at radius 3 is 2.53 bits per heavy atom. The average Bonchev–Trinajstić information content (AvgIpc) is 2.62. The molecule has 0 spiro atoms. The van der Waals surface area contributed by atoms with Gasteiger partial charge < -0.3 is 0 Å². The lowest BCUT2D eigenvalue weighted by molar-refractivity contribution is 0.254. The summed E-state index contributed by atoms with van der Waals surface area (Å²) < 4.78 is 22.8. The summed E-state index contributed by atoms with van der Waals surface area (Å²) in [5.74, 6) is 0.611. The zero-order valence-corrected chi connectivity index (χ0v) is 11.3. The van der Waals surface area contributed by atoms with Crippen molar-refractivity contribution in [2.24, 2.45) is 0 Å². The second kappa shape index (κ2) is 4.96. The zero-order chi connectivity index (χ0) is 12.5. The molecule has 1 atom stereocenters. The number of hydrogen-bond donors (Lipinski definition) is 0. The van der Waals surface area contributed by atoms with Crippen LogP contribution in [0.4, 0.5) is 0 Å².